The highest BCUT2D eigenvalue weighted by atomic mass is 16.6. The monoisotopic (exact) mass is 214 g/mol. The predicted molar refractivity (Wildman–Crippen MR) is 57.5 cm³/mol. The van der Waals surface area contributed by atoms with Gasteiger partial charge in [-0.2, -0.15) is 0 Å². The SMILES string of the molecule is CCC1(COC2(O)CCCCC2)COC1. The highest BCUT2D eigenvalue weighted by molar-refractivity contribution is 4.85. The lowest BCUT2D eigenvalue weighted by molar-refractivity contribution is -0.259. The van der Waals surface area contributed by atoms with Crippen LogP contribution in [0.5, 0.6) is 0 Å². The molecule has 0 aromatic rings. The van der Waals surface area contributed by atoms with Crippen LogP contribution in [0.2, 0.25) is 0 Å². The maximum absolute atomic E-state index is 10.2. The molecule has 0 aromatic carbocycles. The Labute approximate surface area is 91.8 Å². The van der Waals surface area contributed by atoms with Crippen molar-refractivity contribution in [2.75, 3.05) is 19.8 Å². The van der Waals surface area contributed by atoms with Gasteiger partial charge < -0.3 is 14.6 Å². The Morgan fingerprint density at radius 2 is 1.87 bits per heavy atom. The fourth-order valence-corrected chi connectivity index (χ4v) is 2.32. The van der Waals surface area contributed by atoms with Crippen molar-refractivity contribution >= 4 is 0 Å². The van der Waals surface area contributed by atoms with Crippen LogP contribution in [-0.4, -0.2) is 30.7 Å². The first-order chi connectivity index (χ1) is 7.18. The summed E-state index contributed by atoms with van der Waals surface area (Å²) in [5, 5.41) is 10.2. The Bertz CT molecular complexity index is 199. The summed E-state index contributed by atoms with van der Waals surface area (Å²) in [5.74, 6) is -0.837. The molecule has 1 saturated carbocycles. The standard InChI is InChI=1S/C12H22O3/c1-2-11(8-14-9-11)10-15-12(13)6-4-3-5-7-12/h13H,2-10H2,1H3. The van der Waals surface area contributed by atoms with Gasteiger partial charge in [-0.1, -0.05) is 13.3 Å². The van der Waals surface area contributed by atoms with E-state index in [1.807, 2.05) is 0 Å². The molecule has 15 heavy (non-hydrogen) atoms. The van der Waals surface area contributed by atoms with Gasteiger partial charge in [-0.25, -0.2) is 0 Å². The number of hydrogen-bond acceptors (Lipinski definition) is 3. The van der Waals surface area contributed by atoms with Gasteiger partial charge in [0.1, 0.15) is 0 Å². The summed E-state index contributed by atoms with van der Waals surface area (Å²) in [6, 6.07) is 0. The molecule has 2 fully saturated rings. The molecule has 1 aliphatic carbocycles. The van der Waals surface area contributed by atoms with Gasteiger partial charge in [0.05, 0.1) is 19.8 Å². The molecule has 0 amide bonds. The zero-order valence-electron chi connectivity index (χ0n) is 9.63. The fourth-order valence-electron chi connectivity index (χ4n) is 2.32. The van der Waals surface area contributed by atoms with E-state index in [9.17, 15) is 5.11 Å². The van der Waals surface area contributed by atoms with Crippen LogP contribution in [0, 0.1) is 5.41 Å². The summed E-state index contributed by atoms with van der Waals surface area (Å²) in [5.41, 5.74) is 0.188. The molecule has 2 rings (SSSR count). The third kappa shape index (κ3) is 2.52. The van der Waals surface area contributed by atoms with E-state index >= 15 is 0 Å². The van der Waals surface area contributed by atoms with Crippen LogP contribution in [-0.2, 0) is 9.47 Å². The minimum Gasteiger partial charge on any atom is -0.380 e. The second-order valence-electron chi connectivity index (χ2n) is 5.14. The van der Waals surface area contributed by atoms with E-state index < -0.39 is 5.79 Å². The second kappa shape index (κ2) is 4.40. The molecular formula is C12H22O3. The number of hydrogen-bond donors (Lipinski definition) is 1. The van der Waals surface area contributed by atoms with E-state index in [1.54, 1.807) is 0 Å². The largest absolute Gasteiger partial charge is 0.380 e. The Morgan fingerprint density at radius 3 is 2.33 bits per heavy atom. The zero-order valence-corrected chi connectivity index (χ0v) is 9.63. The highest BCUT2D eigenvalue weighted by Gasteiger charge is 2.40. The van der Waals surface area contributed by atoms with E-state index in [0.717, 1.165) is 45.3 Å². The Kier molecular flexibility index (Phi) is 3.33. The number of rotatable bonds is 4. The van der Waals surface area contributed by atoms with Gasteiger partial charge in [0.25, 0.3) is 0 Å². The van der Waals surface area contributed by atoms with E-state index in [1.165, 1.54) is 6.42 Å². The van der Waals surface area contributed by atoms with Crippen LogP contribution in [0.15, 0.2) is 0 Å². The summed E-state index contributed by atoms with van der Waals surface area (Å²) in [6.07, 6.45) is 6.08. The molecular weight excluding hydrogens is 192 g/mol. The van der Waals surface area contributed by atoms with Crippen LogP contribution in [0.4, 0.5) is 0 Å². The molecule has 1 N–H and O–H groups in total. The molecule has 2 aliphatic rings. The third-order valence-electron chi connectivity index (χ3n) is 3.85. The average Bonchev–Trinajstić information content (AvgIpc) is 2.18. The number of aliphatic hydroxyl groups is 1. The lowest BCUT2D eigenvalue weighted by Gasteiger charge is -2.43. The van der Waals surface area contributed by atoms with E-state index in [-0.39, 0.29) is 5.41 Å². The molecule has 0 atom stereocenters. The minimum atomic E-state index is -0.837. The molecule has 88 valence electrons. The van der Waals surface area contributed by atoms with Crippen molar-refractivity contribution in [2.24, 2.45) is 5.41 Å². The molecule has 1 heterocycles. The first-order valence-electron chi connectivity index (χ1n) is 6.12. The quantitative estimate of drug-likeness (QED) is 0.728. The molecule has 0 aromatic heterocycles. The molecule has 0 bridgehead atoms. The molecule has 1 saturated heterocycles. The van der Waals surface area contributed by atoms with Crippen molar-refractivity contribution in [3.63, 3.8) is 0 Å². The second-order valence-corrected chi connectivity index (χ2v) is 5.14. The van der Waals surface area contributed by atoms with Crippen LogP contribution in [0.3, 0.4) is 0 Å². The van der Waals surface area contributed by atoms with Crippen LogP contribution >= 0.6 is 0 Å². The van der Waals surface area contributed by atoms with Gasteiger partial charge in [0, 0.05) is 18.3 Å². The Hall–Kier alpha value is -0.120. The average molecular weight is 214 g/mol. The third-order valence-corrected chi connectivity index (χ3v) is 3.85. The van der Waals surface area contributed by atoms with Gasteiger partial charge in [0.15, 0.2) is 5.79 Å². The van der Waals surface area contributed by atoms with Gasteiger partial charge >= 0.3 is 0 Å². The summed E-state index contributed by atoms with van der Waals surface area (Å²) in [7, 11) is 0. The van der Waals surface area contributed by atoms with Crippen LogP contribution < -0.4 is 0 Å². The van der Waals surface area contributed by atoms with Crippen LogP contribution in [0.25, 0.3) is 0 Å². The number of ether oxygens (including phenoxy) is 2. The van der Waals surface area contributed by atoms with Crippen molar-refractivity contribution in [1.29, 1.82) is 0 Å². The summed E-state index contributed by atoms with van der Waals surface area (Å²) in [6.45, 7) is 4.40. The van der Waals surface area contributed by atoms with E-state index in [0.29, 0.717) is 6.61 Å². The lowest BCUT2D eigenvalue weighted by Crippen LogP contribution is -2.49. The normalized spacial score (nSPS) is 28.4. The van der Waals surface area contributed by atoms with Crippen LogP contribution in [0.1, 0.15) is 45.4 Å². The van der Waals surface area contributed by atoms with E-state index in [2.05, 4.69) is 6.92 Å². The molecule has 1 aliphatic heterocycles. The van der Waals surface area contributed by atoms with Crippen molar-refractivity contribution in [1.82, 2.24) is 0 Å². The molecule has 3 nitrogen and oxygen atoms in total. The van der Waals surface area contributed by atoms with E-state index in [4.69, 9.17) is 9.47 Å². The molecule has 0 radical (unpaired) electrons. The van der Waals surface area contributed by atoms with Gasteiger partial charge in [-0.3, -0.25) is 0 Å². The Balaban J connectivity index is 1.80. The Morgan fingerprint density at radius 1 is 1.20 bits per heavy atom. The molecule has 0 spiro atoms. The fraction of sp³-hybridized carbons (Fsp3) is 1.00. The molecule has 0 unspecified atom stereocenters. The van der Waals surface area contributed by atoms with Crippen molar-refractivity contribution < 1.29 is 14.6 Å². The summed E-state index contributed by atoms with van der Waals surface area (Å²) >= 11 is 0. The predicted octanol–water partition coefficient (Wildman–Crippen LogP) is 2.08. The smallest absolute Gasteiger partial charge is 0.165 e. The zero-order chi connectivity index (χ0) is 10.8. The first-order valence-corrected chi connectivity index (χ1v) is 6.12. The highest BCUT2D eigenvalue weighted by Crippen LogP contribution is 2.35. The van der Waals surface area contributed by atoms with Gasteiger partial charge in [-0.15, -0.1) is 0 Å². The van der Waals surface area contributed by atoms with Gasteiger partial charge in [0.2, 0.25) is 0 Å². The van der Waals surface area contributed by atoms with Crippen molar-refractivity contribution in [2.45, 2.75) is 51.2 Å². The van der Waals surface area contributed by atoms with Gasteiger partial charge in [-0.05, 0) is 19.3 Å². The summed E-state index contributed by atoms with van der Waals surface area (Å²) in [4.78, 5) is 0. The topological polar surface area (TPSA) is 38.7 Å². The maximum Gasteiger partial charge on any atom is 0.165 e. The minimum absolute atomic E-state index is 0.188. The van der Waals surface area contributed by atoms with Crippen molar-refractivity contribution in [3.8, 4) is 0 Å². The lowest BCUT2D eigenvalue weighted by atomic mass is 9.84. The summed E-state index contributed by atoms with van der Waals surface area (Å²) < 4.78 is 11.0. The maximum atomic E-state index is 10.2. The first kappa shape index (κ1) is 11.4. The molecule has 3 heteroatoms. The van der Waals surface area contributed by atoms with Crippen molar-refractivity contribution in [3.05, 3.63) is 0 Å².